The Morgan fingerprint density at radius 3 is 2.42 bits per heavy atom. The van der Waals surface area contributed by atoms with Gasteiger partial charge in [-0.25, -0.2) is 4.98 Å². The monoisotopic (exact) mass is 346 g/mol. The summed E-state index contributed by atoms with van der Waals surface area (Å²) < 4.78 is 11.1. The van der Waals surface area contributed by atoms with Crippen molar-refractivity contribution in [3.05, 3.63) is 51.0 Å². The number of thiazole rings is 1. The predicted octanol–water partition coefficient (Wildman–Crippen LogP) is 4.47. The SMILES string of the molecule is Cc1nc(C(C)C)sc1[C@H](C)NCc1ccc(C2OCCO2)cc1. The van der Waals surface area contributed by atoms with E-state index < -0.39 is 0 Å². The molecule has 3 rings (SSSR count). The fourth-order valence-corrected chi connectivity index (χ4v) is 3.88. The van der Waals surface area contributed by atoms with E-state index >= 15 is 0 Å². The smallest absolute Gasteiger partial charge is 0.184 e. The first-order valence-electron chi connectivity index (χ1n) is 8.57. The van der Waals surface area contributed by atoms with Crippen LogP contribution in [0.1, 0.15) is 65.7 Å². The average molecular weight is 346 g/mol. The van der Waals surface area contributed by atoms with E-state index in [0.29, 0.717) is 25.2 Å². The Morgan fingerprint density at radius 1 is 1.17 bits per heavy atom. The zero-order chi connectivity index (χ0) is 17.1. The molecule has 0 unspecified atom stereocenters. The van der Waals surface area contributed by atoms with Gasteiger partial charge < -0.3 is 14.8 Å². The molecule has 1 fully saturated rings. The minimum Gasteiger partial charge on any atom is -0.346 e. The lowest BCUT2D eigenvalue weighted by molar-refractivity contribution is -0.0441. The maximum Gasteiger partial charge on any atom is 0.184 e. The highest BCUT2D eigenvalue weighted by Gasteiger charge is 2.18. The van der Waals surface area contributed by atoms with Gasteiger partial charge in [-0.1, -0.05) is 38.1 Å². The zero-order valence-electron chi connectivity index (χ0n) is 14.8. The highest BCUT2D eigenvalue weighted by Crippen LogP contribution is 2.29. The largest absolute Gasteiger partial charge is 0.346 e. The molecule has 0 radical (unpaired) electrons. The molecule has 1 aromatic heterocycles. The minimum absolute atomic E-state index is 0.194. The van der Waals surface area contributed by atoms with Crippen LogP contribution in [0, 0.1) is 6.92 Å². The van der Waals surface area contributed by atoms with Gasteiger partial charge in [-0.2, -0.15) is 0 Å². The molecule has 1 aliphatic heterocycles. The van der Waals surface area contributed by atoms with E-state index in [9.17, 15) is 0 Å². The molecule has 130 valence electrons. The molecule has 0 bridgehead atoms. The summed E-state index contributed by atoms with van der Waals surface area (Å²) in [5, 5.41) is 4.82. The molecule has 1 atom stereocenters. The number of ether oxygens (including phenoxy) is 2. The summed E-state index contributed by atoms with van der Waals surface area (Å²) in [5.41, 5.74) is 3.49. The molecule has 0 spiro atoms. The normalized spacial score (nSPS) is 16.9. The Labute approximate surface area is 148 Å². The van der Waals surface area contributed by atoms with Crippen molar-refractivity contribution in [2.24, 2.45) is 0 Å². The van der Waals surface area contributed by atoms with Crippen LogP contribution in [-0.2, 0) is 16.0 Å². The van der Waals surface area contributed by atoms with Gasteiger partial charge in [0.25, 0.3) is 0 Å². The number of aromatic nitrogens is 1. The van der Waals surface area contributed by atoms with Crippen molar-refractivity contribution in [3.8, 4) is 0 Å². The van der Waals surface area contributed by atoms with Gasteiger partial charge in [0.1, 0.15) is 0 Å². The first-order valence-corrected chi connectivity index (χ1v) is 9.39. The number of hydrogen-bond donors (Lipinski definition) is 1. The molecule has 1 aromatic carbocycles. The van der Waals surface area contributed by atoms with Crippen molar-refractivity contribution >= 4 is 11.3 Å². The van der Waals surface area contributed by atoms with Crippen molar-refractivity contribution < 1.29 is 9.47 Å². The zero-order valence-corrected chi connectivity index (χ0v) is 15.7. The van der Waals surface area contributed by atoms with Gasteiger partial charge in [0.15, 0.2) is 6.29 Å². The van der Waals surface area contributed by atoms with E-state index in [1.165, 1.54) is 15.4 Å². The van der Waals surface area contributed by atoms with Crippen LogP contribution in [0.5, 0.6) is 0 Å². The summed E-state index contributed by atoms with van der Waals surface area (Å²) in [6.45, 7) is 10.9. The molecule has 4 nitrogen and oxygen atoms in total. The maximum absolute atomic E-state index is 5.53. The van der Waals surface area contributed by atoms with Gasteiger partial charge in [-0.15, -0.1) is 11.3 Å². The lowest BCUT2D eigenvalue weighted by atomic mass is 10.1. The van der Waals surface area contributed by atoms with Crippen molar-refractivity contribution in [1.82, 2.24) is 10.3 Å². The van der Waals surface area contributed by atoms with Crippen LogP contribution in [0.2, 0.25) is 0 Å². The van der Waals surface area contributed by atoms with Crippen molar-refractivity contribution in [2.45, 2.75) is 52.5 Å². The third-order valence-corrected chi connectivity index (χ3v) is 5.86. The van der Waals surface area contributed by atoms with Crippen molar-refractivity contribution in [3.63, 3.8) is 0 Å². The van der Waals surface area contributed by atoms with E-state index in [2.05, 4.69) is 57.3 Å². The molecule has 0 amide bonds. The van der Waals surface area contributed by atoms with Gasteiger partial charge in [0.2, 0.25) is 0 Å². The van der Waals surface area contributed by atoms with Crippen LogP contribution in [0.4, 0.5) is 0 Å². The molecule has 2 heterocycles. The van der Waals surface area contributed by atoms with Gasteiger partial charge in [-0.3, -0.25) is 0 Å². The van der Waals surface area contributed by atoms with Crippen LogP contribution in [0.25, 0.3) is 0 Å². The molecular weight excluding hydrogens is 320 g/mol. The number of nitrogens with zero attached hydrogens (tertiary/aromatic N) is 1. The molecule has 1 aliphatic rings. The van der Waals surface area contributed by atoms with Gasteiger partial charge in [0, 0.05) is 28.9 Å². The van der Waals surface area contributed by atoms with E-state index in [1.807, 2.05) is 11.3 Å². The summed E-state index contributed by atoms with van der Waals surface area (Å²) in [6, 6.07) is 8.76. The fourth-order valence-electron chi connectivity index (χ4n) is 2.79. The Balaban J connectivity index is 1.58. The first kappa shape index (κ1) is 17.5. The second kappa shape index (κ2) is 7.74. The topological polar surface area (TPSA) is 43.4 Å². The van der Waals surface area contributed by atoms with Crippen LogP contribution < -0.4 is 5.32 Å². The van der Waals surface area contributed by atoms with Crippen molar-refractivity contribution in [1.29, 1.82) is 0 Å². The second-order valence-corrected chi connectivity index (χ2v) is 7.64. The first-order chi connectivity index (χ1) is 11.5. The van der Waals surface area contributed by atoms with E-state index in [1.54, 1.807) is 0 Å². The Kier molecular flexibility index (Phi) is 5.66. The minimum atomic E-state index is -0.194. The quantitative estimate of drug-likeness (QED) is 0.838. The van der Waals surface area contributed by atoms with E-state index in [4.69, 9.17) is 14.5 Å². The summed E-state index contributed by atoms with van der Waals surface area (Å²) in [7, 11) is 0. The molecule has 0 saturated carbocycles. The van der Waals surface area contributed by atoms with Crippen molar-refractivity contribution in [2.75, 3.05) is 13.2 Å². The number of aryl methyl sites for hydroxylation is 1. The number of rotatable bonds is 6. The molecule has 2 aromatic rings. The lowest BCUT2D eigenvalue weighted by Crippen LogP contribution is -2.18. The predicted molar refractivity (Wildman–Crippen MR) is 97.3 cm³/mol. The van der Waals surface area contributed by atoms with Gasteiger partial charge in [0.05, 0.1) is 23.9 Å². The van der Waals surface area contributed by atoms with Gasteiger partial charge in [-0.05, 0) is 19.4 Å². The number of nitrogens with one attached hydrogen (secondary N) is 1. The number of hydrogen-bond acceptors (Lipinski definition) is 5. The van der Waals surface area contributed by atoms with Gasteiger partial charge >= 0.3 is 0 Å². The summed E-state index contributed by atoms with van der Waals surface area (Å²) in [4.78, 5) is 6.03. The fraction of sp³-hybridized carbons (Fsp3) is 0.526. The standard InChI is InChI=1S/C19H26N2O2S/c1-12(2)18-21-14(4)17(24-18)13(3)20-11-15-5-7-16(8-6-15)19-22-9-10-23-19/h5-8,12-13,19-20H,9-11H2,1-4H3/t13-/m0/s1. The van der Waals surface area contributed by atoms with E-state index in [-0.39, 0.29) is 6.29 Å². The number of benzene rings is 1. The third-order valence-electron chi connectivity index (χ3n) is 4.22. The molecule has 5 heteroatoms. The van der Waals surface area contributed by atoms with Crippen LogP contribution in [0.3, 0.4) is 0 Å². The van der Waals surface area contributed by atoms with Crippen LogP contribution in [-0.4, -0.2) is 18.2 Å². The Hall–Kier alpha value is -1.27. The Bertz CT molecular complexity index is 661. The summed E-state index contributed by atoms with van der Waals surface area (Å²) in [6.07, 6.45) is -0.194. The van der Waals surface area contributed by atoms with E-state index in [0.717, 1.165) is 17.8 Å². The maximum atomic E-state index is 5.53. The highest BCUT2D eigenvalue weighted by molar-refractivity contribution is 7.11. The molecule has 24 heavy (non-hydrogen) atoms. The average Bonchev–Trinajstić information content (AvgIpc) is 3.23. The lowest BCUT2D eigenvalue weighted by Gasteiger charge is -2.14. The second-order valence-electron chi connectivity index (χ2n) is 6.57. The molecule has 1 saturated heterocycles. The molecule has 1 N–H and O–H groups in total. The molecular formula is C19H26N2O2S. The summed E-state index contributed by atoms with van der Waals surface area (Å²) >= 11 is 1.82. The van der Waals surface area contributed by atoms with Crippen LogP contribution >= 0.6 is 11.3 Å². The summed E-state index contributed by atoms with van der Waals surface area (Å²) in [5.74, 6) is 0.488. The third kappa shape index (κ3) is 4.03. The highest BCUT2D eigenvalue weighted by atomic mass is 32.1. The molecule has 0 aliphatic carbocycles. The van der Waals surface area contributed by atoms with Crippen LogP contribution in [0.15, 0.2) is 24.3 Å². The Morgan fingerprint density at radius 2 is 1.83 bits per heavy atom.